The van der Waals surface area contributed by atoms with Gasteiger partial charge in [0.25, 0.3) is 0 Å². The average Bonchev–Trinajstić information content (AvgIpc) is 2.75. The van der Waals surface area contributed by atoms with Crippen LogP contribution in [-0.4, -0.2) is 24.2 Å². The number of methoxy groups -OCH3 is 1. The number of nitrogens with one attached hydrogen (secondary N) is 1. The maximum Gasteiger partial charge on any atom is 0.123 e. The topological polar surface area (TPSA) is 21.3 Å². The Morgan fingerprint density at radius 3 is 2.82 bits per heavy atom. The molecule has 94 valence electrons. The van der Waals surface area contributed by atoms with Gasteiger partial charge in [-0.15, -0.1) is 0 Å². The van der Waals surface area contributed by atoms with Gasteiger partial charge in [0.2, 0.25) is 0 Å². The molecule has 0 aromatic heterocycles. The van der Waals surface area contributed by atoms with Crippen LogP contribution in [0, 0.1) is 0 Å². The first-order chi connectivity index (χ1) is 8.22. The Kier molecular flexibility index (Phi) is 4.35. The minimum Gasteiger partial charge on any atom is -0.496 e. The SMILES string of the molecule is COc1ccccc1[C@H](C)NC1CCSC1C. The van der Waals surface area contributed by atoms with Gasteiger partial charge >= 0.3 is 0 Å². The molecule has 0 aliphatic carbocycles. The van der Waals surface area contributed by atoms with Gasteiger partial charge in [0.15, 0.2) is 0 Å². The molecule has 3 atom stereocenters. The second kappa shape index (κ2) is 5.78. The number of hydrogen-bond donors (Lipinski definition) is 1. The monoisotopic (exact) mass is 251 g/mol. The van der Waals surface area contributed by atoms with Crippen molar-refractivity contribution < 1.29 is 4.74 Å². The molecule has 17 heavy (non-hydrogen) atoms. The van der Waals surface area contributed by atoms with Crippen molar-refractivity contribution in [2.75, 3.05) is 12.9 Å². The number of benzene rings is 1. The van der Waals surface area contributed by atoms with E-state index in [1.807, 2.05) is 12.1 Å². The van der Waals surface area contributed by atoms with Gasteiger partial charge in [-0.2, -0.15) is 11.8 Å². The molecule has 0 spiro atoms. The Balaban J connectivity index is 2.06. The van der Waals surface area contributed by atoms with Crippen LogP contribution in [0.5, 0.6) is 5.75 Å². The molecule has 1 aliphatic rings. The van der Waals surface area contributed by atoms with Crippen LogP contribution in [0.15, 0.2) is 24.3 Å². The van der Waals surface area contributed by atoms with Crippen LogP contribution in [0.3, 0.4) is 0 Å². The zero-order valence-corrected chi connectivity index (χ0v) is 11.6. The predicted molar refractivity (Wildman–Crippen MR) is 74.9 cm³/mol. The largest absolute Gasteiger partial charge is 0.496 e. The Hall–Kier alpha value is -0.670. The third kappa shape index (κ3) is 2.96. The van der Waals surface area contributed by atoms with E-state index in [0.717, 1.165) is 5.75 Å². The summed E-state index contributed by atoms with van der Waals surface area (Å²) in [6.07, 6.45) is 1.27. The summed E-state index contributed by atoms with van der Waals surface area (Å²) < 4.78 is 5.41. The van der Waals surface area contributed by atoms with Gasteiger partial charge in [-0.05, 0) is 25.2 Å². The molecule has 1 aromatic rings. The molecule has 1 aliphatic heterocycles. The fourth-order valence-electron chi connectivity index (χ4n) is 2.39. The summed E-state index contributed by atoms with van der Waals surface area (Å²) in [5, 5.41) is 4.43. The lowest BCUT2D eigenvalue weighted by Crippen LogP contribution is -2.35. The normalized spacial score (nSPS) is 25.8. The van der Waals surface area contributed by atoms with E-state index in [1.165, 1.54) is 17.7 Å². The Morgan fingerprint density at radius 1 is 1.41 bits per heavy atom. The summed E-state index contributed by atoms with van der Waals surface area (Å²) >= 11 is 2.06. The lowest BCUT2D eigenvalue weighted by Gasteiger charge is -2.23. The van der Waals surface area contributed by atoms with Crippen molar-refractivity contribution >= 4 is 11.8 Å². The van der Waals surface area contributed by atoms with Crippen LogP contribution >= 0.6 is 11.8 Å². The molecule has 1 N–H and O–H groups in total. The molecule has 1 saturated heterocycles. The van der Waals surface area contributed by atoms with Crippen molar-refractivity contribution in [1.29, 1.82) is 0 Å². The third-order valence-corrected chi connectivity index (χ3v) is 4.77. The van der Waals surface area contributed by atoms with Crippen molar-refractivity contribution in [2.45, 2.75) is 37.6 Å². The molecule has 1 aromatic carbocycles. The van der Waals surface area contributed by atoms with Gasteiger partial charge < -0.3 is 10.1 Å². The quantitative estimate of drug-likeness (QED) is 0.887. The molecule has 0 radical (unpaired) electrons. The van der Waals surface area contributed by atoms with E-state index in [4.69, 9.17) is 4.74 Å². The van der Waals surface area contributed by atoms with E-state index in [-0.39, 0.29) is 0 Å². The van der Waals surface area contributed by atoms with E-state index in [2.05, 4.69) is 43.1 Å². The lowest BCUT2D eigenvalue weighted by atomic mass is 10.0. The lowest BCUT2D eigenvalue weighted by molar-refractivity contribution is 0.392. The molecule has 1 heterocycles. The molecular weight excluding hydrogens is 230 g/mol. The van der Waals surface area contributed by atoms with E-state index >= 15 is 0 Å². The van der Waals surface area contributed by atoms with Crippen LogP contribution in [-0.2, 0) is 0 Å². The van der Waals surface area contributed by atoms with Gasteiger partial charge in [0, 0.05) is 22.9 Å². The first kappa shape index (κ1) is 12.8. The van der Waals surface area contributed by atoms with Crippen LogP contribution in [0.1, 0.15) is 31.9 Å². The van der Waals surface area contributed by atoms with Gasteiger partial charge in [-0.25, -0.2) is 0 Å². The highest BCUT2D eigenvalue weighted by molar-refractivity contribution is 8.00. The van der Waals surface area contributed by atoms with Crippen molar-refractivity contribution in [3.8, 4) is 5.75 Å². The third-order valence-electron chi connectivity index (χ3n) is 3.45. The maximum absolute atomic E-state index is 5.41. The molecule has 2 nitrogen and oxygen atoms in total. The fraction of sp³-hybridized carbons (Fsp3) is 0.571. The van der Waals surface area contributed by atoms with Gasteiger partial charge in [-0.1, -0.05) is 25.1 Å². The summed E-state index contributed by atoms with van der Waals surface area (Å²) in [4.78, 5) is 0. The molecule has 1 fully saturated rings. The average molecular weight is 251 g/mol. The highest BCUT2D eigenvalue weighted by Gasteiger charge is 2.25. The van der Waals surface area contributed by atoms with E-state index in [9.17, 15) is 0 Å². The number of thioether (sulfide) groups is 1. The molecular formula is C14H21NOS. The first-order valence-electron chi connectivity index (χ1n) is 6.23. The van der Waals surface area contributed by atoms with Crippen LogP contribution in [0.4, 0.5) is 0 Å². The number of para-hydroxylation sites is 1. The number of ether oxygens (including phenoxy) is 1. The van der Waals surface area contributed by atoms with E-state index < -0.39 is 0 Å². The summed E-state index contributed by atoms with van der Waals surface area (Å²) in [7, 11) is 1.74. The molecule has 2 unspecified atom stereocenters. The minimum absolute atomic E-state index is 0.345. The Labute approximate surface area is 108 Å². The summed E-state index contributed by atoms with van der Waals surface area (Å²) in [5.41, 5.74) is 1.25. The molecule has 0 amide bonds. The smallest absolute Gasteiger partial charge is 0.123 e. The number of hydrogen-bond acceptors (Lipinski definition) is 3. The van der Waals surface area contributed by atoms with Crippen LogP contribution < -0.4 is 10.1 Å². The van der Waals surface area contributed by atoms with E-state index in [0.29, 0.717) is 17.3 Å². The predicted octanol–water partition coefficient (Wildman–Crippen LogP) is 3.24. The summed E-state index contributed by atoms with van der Waals surface area (Å²) in [6.45, 7) is 4.53. The molecule has 0 saturated carbocycles. The Morgan fingerprint density at radius 2 is 2.18 bits per heavy atom. The first-order valence-corrected chi connectivity index (χ1v) is 7.28. The highest BCUT2D eigenvalue weighted by Crippen LogP contribution is 2.30. The zero-order valence-electron chi connectivity index (χ0n) is 10.8. The van der Waals surface area contributed by atoms with Crippen LogP contribution in [0.2, 0.25) is 0 Å². The van der Waals surface area contributed by atoms with Crippen molar-refractivity contribution in [3.05, 3.63) is 29.8 Å². The fourth-order valence-corrected chi connectivity index (χ4v) is 3.59. The van der Waals surface area contributed by atoms with Gasteiger partial charge in [0.05, 0.1) is 7.11 Å². The molecule has 0 bridgehead atoms. The zero-order chi connectivity index (χ0) is 12.3. The summed E-state index contributed by atoms with van der Waals surface area (Å²) in [6, 6.07) is 9.23. The van der Waals surface area contributed by atoms with Crippen LogP contribution in [0.25, 0.3) is 0 Å². The van der Waals surface area contributed by atoms with E-state index in [1.54, 1.807) is 7.11 Å². The van der Waals surface area contributed by atoms with Gasteiger partial charge in [0.1, 0.15) is 5.75 Å². The Bertz CT molecular complexity index is 369. The minimum atomic E-state index is 0.345. The maximum atomic E-state index is 5.41. The second-order valence-corrected chi connectivity index (χ2v) is 6.09. The second-order valence-electron chi connectivity index (χ2n) is 4.60. The number of rotatable bonds is 4. The van der Waals surface area contributed by atoms with Gasteiger partial charge in [-0.3, -0.25) is 0 Å². The standard InChI is InChI=1S/C14H21NOS/c1-10(15-13-8-9-17-11(13)2)12-6-4-5-7-14(12)16-3/h4-7,10-11,13,15H,8-9H2,1-3H3/t10-,11?,13?/m0/s1. The molecule has 2 rings (SSSR count). The van der Waals surface area contributed by atoms with Crippen molar-refractivity contribution in [3.63, 3.8) is 0 Å². The summed E-state index contributed by atoms with van der Waals surface area (Å²) in [5.74, 6) is 2.25. The highest BCUT2D eigenvalue weighted by atomic mass is 32.2. The molecule has 3 heteroatoms. The van der Waals surface area contributed by atoms with Crippen molar-refractivity contribution in [1.82, 2.24) is 5.32 Å². The van der Waals surface area contributed by atoms with Crippen molar-refractivity contribution in [2.24, 2.45) is 0 Å².